The van der Waals surface area contributed by atoms with Crippen LogP contribution in [0, 0.1) is 10.1 Å². The molecule has 1 amide bonds. The van der Waals surface area contributed by atoms with Gasteiger partial charge in [-0.2, -0.15) is 0 Å². The Hall–Kier alpha value is -2.11. The monoisotopic (exact) mass is 291 g/mol. The van der Waals surface area contributed by atoms with Gasteiger partial charge in [0.25, 0.3) is 11.6 Å². The van der Waals surface area contributed by atoms with E-state index in [0.29, 0.717) is 11.3 Å². The van der Waals surface area contributed by atoms with Crippen molar-refractivity contribution in [2.45, 2.75) is 38.1 Å². The number of rotatable bonds is 4. The van der Waals surface area contributed by atoms with E-state index in [-0.39, 0.29) is 17.6 Å². The van der Waals surface area contributed by atoms with Crippen LogP contribution in [0.4, 0.5) is 11.4 Å². The lowest BCUT2D eigenvalue weighted by molar-refractivity contribution is -0.384. The Labute approximate surface area is 124 Å². The topological polar surface area (TPSA) is 75.5 Å². The van der Waals surface area contributed by atoms with Crippen LogP contribution in [0.25, 0.3) is 0 Å². The van der Waals surface area contributed by atoms with Crippen LogP contribution in [-0.4, -0.2) is 35.9 Å². The number of anilines is 1. The number of nitro groups is 1. The Balaban J connectivity index is 2.22. The Morgan fingerprint density at radius 1 is 1.33 bits per heavy atom. The van der Waals surface area contributed by atoms with E-state index in [2.05, 4.69) is 5.32 Å². The van der Waals surface area contributed by atoms with Crippen molar-refractivity contribution < 1.29 is 9.72 Å². The Morgan fingerprint density at radius 3 is 2.57 bits per heavy atom. The van der Waals surface area contributed by atoms with Crippen molar-refractivity contribution in [2.75, 3.05) is 19.4 Å². The SMILES string of the molecule is CNc1ccc(C(=O)N(C)C2CCCCC2)cc1[N+](=O)[O-]. The van der Waals surface area contributed by atoms with Gasteiger partial charge >= 0.3 is 0 Å². The lowest BCUT2D eigenvalue weighted by atomic mass is 9.94. The molecule has 114 valence electrons. The van der Waals surface area contributed by atoms with Crippen molar-refractivity contribution in [2.24, 2.45) is 0 Å². The highest BCUT2D eigenvalue weighted by atomic mass is 16.6. The lowest BCUT2D eigenvalue weighted by Gasteiger charge is -2.31. The van der Waals surface area contributed by atoms with Crippen LogP contribution in [0.2, 0.25) is 0 Å². The Bertz CT molecular complexity index is 539. The van der Waals surface area contributed by atoms with E-state index in [9.17, 15) is 14.9 Å². The number of amides is 1. The van der Waals surface area contributed by atoms with E-state index in [1.807, 2.05) is 0 Å². The fraction of sp³-hybridized carbons (Fsp3) is 0.533. The molecule has 0 atom stereocenters. The van der Waals surface area contributed by atoms with E-state index < -0.39 is 4.92 Å². The molecule has 0 aromatic heterocycles. The van der Waals surface area contributed by atoms with E-state index in [1.165, 1.54) is 12.5 Å². The summed E-state index contributed by atoms with van der Waals surface area (Å²) >= 11 is 0. The standard InChI is InChI=1S/C15H21N3O3/c1-16-13-9-8-11(10-14(13)18(20)21)15(19)17(2)12-6-4-3-5-7-12/h8-10,12,16H,3-7H2,1-2H3. The van der Waals surface area contributed by atoms with Crippen LogP contribution in [0.5, 0.6) is 0 Å². The predicted octanol–water partition coefficient (Wildman–Crippen LogP) is 3.04. The molecule has 21 heavy (non-hydrogen) atoms. The van der Waals surface area contributed by atoms with Crippen molar-refractivity contribution in [1.29, 1.82) is 0 Å². The van der Waals surface area contributed by atoms with E-state index >= 15 is 0 Å². The molecule has 1 aliphatic carbocycles. The second-order valence-electron chi connectivity index (χ2n) is 5.45. The molecule has 2 rings (SSSR count). The van der Waals surface area contributed by atoms with Crippen molar-refractivity contribution >= 4 is 17.3 Å². The first-order chi connectivity index (χ1) is 10.0. The van der Waals surface area contributed by atoms with Gasteiger partial charge in [-0.25, -0.2) is 0 Å². The maximum Gasteiger partial charge on any atom is 0.293 e. The molecule has 6 heteroatoms. The minimum absolute atomic E-state index is 0.0691. The predicted molar refractivity (Wildman–Crippen MR) is 81.6 cm³/mol. The first kappa shape index (κ1) is 15.3. The van der Waals surface area contributed by atoms with Gasteiger partial charge in [-0.1, -0.05) is 19.3 Å². The molecule has 0 aliphatic heterocycles. The van der Waals surface area contributed by atoms with Gasteiger partial charge in [0.05, 0.1) is 4.92 Å². The molecule has 0 radical (unpaired) electrons. The first-order valence-electron chi connectivity index (χ1n) is 7.28. The van der Waals surface area contributed by atoms with Gasteiger partial charge < -0.3 is 10.2 Å². The maximum absolute atomic E-state index is 12.5. The number of hydrogen-bond acceptors (Lipinski definition) is 4. The average molecular weight is 291 g/mol. The van der Waals surface area contributed by atoms with Crippen LogP contribution >= 0.6 is 0 Å². The van der Waals surface area contributed by atoms with Gasteiger partial charge in [0.1, 0.15) is 5.69 Å². The van der Waals surface area contributed by atoms with Gasteiger partial charge in [-0.15, -0.1) is 0 Å². The first-order valence-corrected chi connectivity index (χ1v) is 7.28. The third-order valence-corrected chi connectivity index (χ3v) is 4.15. The number of nitrogens with one attached hydrogen (secondary N) is 1. The largest absolute Gasteiger partial charge is 0.383 e. The number of nitrogens with zero attached hydrogens (tertiary/aromatic N) is 2. The normalized spacial score (nSPS) is 15.5. The molecule has 1 aromatic rings. The summed E-state index contributed by atoms with van der Waals surface area (Å²) in [5.74, 6) is -0.146. The molecular weight excluding hydrogens is 270 g/mol. The fourth-order valence-corrected chi connectivity index (χ4v) is 2.86. The molecule has 0 bridgehead atoms. The third kappa shape index (κ3) is 3.32. The Morgan fingerprint density at radius 2 is 2.00 bits per heavy atom. The molecule has 1 fully saturated rings. The summed E-state index contributed by atoms with van der Waals surface area (Å²) < 4.78 is 0. The molecule has 0 heterocycles. The average Bonchev–Trinajstić information content (AvgIpc) is 2.53. The number of benzene rings is 1. The highest BCUT2D eigenvalue weighted by molar-refractivity contribution is 5.95. The van der Waals surface area contributed by atoms with Crippen molar-refractivity contribution in [3.8, 4) is 0 Å². The molecule has 0 saturated heterocycles. The fourth-order valence-electron chi connectivity index (χ4n) is 2.86. The number of hydrogen-bond donors (Lipinski definition) is 1. The second-order valence-corrected chi connectivity index (χ2v) is 5.45. The summed E-state index contributed by atoms with van der Waals surface area (Å²) in [5, 5.41) is 13.8. The molecule has 1 aliphatic rings. The van der Waals surface area contributed by atoms with E-state index in [4.69, 9.17) is 0 Å². The van der Waals surface area contributed by atoms with Gasteiger partial charge in [-0.05, 0) is 25.0 Å². The molecule has 0 unspecified atom stereocenters. The summed E-state index contributed by atoms with van der Waals surface area (Å²) in [6.07, 6.45) is 5.53. The molecule has 1 saturated carbocycles. The van der Waals surface area contributed by atoms with Gasteiger partial charge in [-0.3, -0.25) is 14.9 Å². The zero-order valence-electron chi connectivity index (χ0n) is 12.5. The molecule has 0 spiro atoms. The smallest absolute Gasteiger partial charge is 0.293 e. The van der Waals surface area contributed by atoms with Gasteiger partial charge in [0.15, 0.2) is 0 Å². The number of carbonyl (C=O) groups excluding carboxylic acids is 1. The zero-order chi connectivity index (χ0) is 15.4. The molecule has 6 nitrogen and oxygen atoms in total. The minimum atomic E-state index is -0.469. The van der Waals surface area contributed by atoms with Crippen LogP contribution in [-0.2, 0) is 0 Å². The van der Waals surface area contributed by atoms with Crippen LogP contribution in [0.3, 0.4) is 0 Å². The zero-order valence-corrected chi connectivity index (χ0v) is 12.5. The quantitative estimate of drug-likeness (QED) is 0.683. The number of nitro benzene ring substituents is 1. The molecule has 1 aromatic carbocycles. The number of carbonyl (C=O) groups is 1. The van der Waals surface area contributed by atoms with Crippen LogP contribution in [0.1, 0.15) is 42.5 Å². The molecular formula is C15H21N3O3. The summed E-state index contributed by atoms with van der Waals surface area (Å²) in [7, 11) is 3.41. The van der Waals surface area contributed by atoms with Crippen molar-refractivity contribution in [1.82, 2.24) is 4.90 Å². The van der Waals surface area contributed by atoms with Crippen LogP contribution in [0.15, 0.2) is 18.2 Å². The second kappa shape index (κ2) is 6.56. The Kier molecular flexibility index (Phi) is 4.77. The van der Waals surface area contributed by atoms with Gasteiger partial charge in [0, 0.05) is 31.8 Å². The van der Waals surface area contributed by atoms with Crippen molar-refractivity contribution in [3.63, 3.8) is 0 Å². The minimum Gasteiger partial charge on any atom is -0.383 e. The maximum atomic E-state index is 12.5. The summed E-state index contributed by atoms with van der Waals surface area (Å²) in [6, 6.07) is 4.82. The van der Waals surface area contributed by atoms with E-state index in [0.717, 1.165) is 25.7 Å². The van der Waals surface area contributed by atoms with E-state index in [1.54, 1.807) is 31.1 Å². The summed E-state index contributed by atoms with van der Waals surface area (Å²) in [5.41, 5.74) is 0.714. The lowest BCUT2D eigenvalue weighted by Crippen LogP contribution is -2.38. The summed E-state index contributed by atoms with van der Waals surface area (Å²) in [4.78, 5) is 24.8. The van der Waals surface area contributed by atoms with Crippen molar-refractivity contribution in [3.05, 3.63) is 33.9 Å². The summed E-state index contributed by atoms with van der Waals surface area (Å²) in [6.45, 7) is 0. The highest BCUT2D eigenvalue weighted by Crippen LogP contribution is 2.27. The third-order valence-electron chi connectivity index (χ3n) is 4.15. The highest BCUT2D eigenvalue weighted by Gasteiger charge is 2.24. The van der Waals surface area contributed by atoms with Gasteiger partial charge in [0.2, 0.25) is 0 Å². The molecule has 1 N–H and O–H groups in total. The van der Waals surface area contributed by atoms with Crippen LogP contribution < -0.4 is 5.32 Å².